The standard InChI is InChI=1S/C15H16BrN3O/c1-15(2,3)13-9-17-12(8-18-13)14(20)19-11-7-5-4-6-10(11)16/h4-9H,1-3H3,(H,19,20). The van der Waals surface area contributed by atoms with E-state index >= 15 is 0 Å². The lowest BCUT2D eigenvalue weighted by Crippen LogP contribution is -2.18. The second kappa shape index (κ2) is 5.71. The summed E-state index contributed by atoms with van der Waals surface area (Å²) in [6.45, 7) is 6.16. The van der Waals surface area contributed by atoms with Crippen LogP contribution in [-0.4, -0.2) is 15.9 Å². The van der Waals surface area contributed by atoms with Crippen LogP contribution in [0.1, 0.15) is 37.0 Å². The van der Waals surface area contributed by atoms with Gasteiger partial charge in [0.15, 0.2) is 0 Å². The maximum absolute atomic E-state index is 12.1. The Morgan fingerprint density at radius 1 is 1.15 bits per heavy atom. The molecule has 0 aliphatic heterocycles. The molecular formula is C15H16BrN3O. The summed E-state index contributed by atoms with van der Waals surface area (Å²) in [6.07, 6.45) is 3.15. The van der Waals surface area contributed by atoms with Crippen LogP contribution in [0.5, 0.6) is 0 Å². The van der Waals surface area contributed by atoms with Crippen molar-refractivity contribution in [2.45, 2.75) is 26.2 Å². The van der Waals surface area contributed by atoms with Crippen molar-refractivity contribution in [3.8, 4) is 0 Å². The normalized spacial score (nSPS) is 11.2. The van der Waals surface area contributed by atoms with Gasteiger partial charge in [-0.3, -0.25) is 9.78 Å². The maximum atomic E-state index is 12.1. The number of anilines is 1. The SMILES string of the molecule is CC(C)(C)c1cnc(C(=O)Nc2ccccc2Br)cn1. The molecule has 0 aliphatic rings. The summed E-state index contributed by atoms with van der Waals surface area (Å²) in [5, 5.41) is 2.80. The molecule has 0 saturated carbocycles. The van der Waals surface area contributed by atoms with Crippen molar-refractivity contribution in [3.05, 3.63) is 52.5 Å². The van der Waals surface area contributed by atoms with E-state index in [1.54, 1.807) is 6.20 Å². The average Bonchev–Trinajstić information content (AvgIpc) is 2.40. The van der Waals surface area contributed by atoms with Crippen molar-refractivity contribution in [3.63, 3.8) is 0 Å². The largest absolute Gasteiger partial charge is 0.320 e. The Morgan fingerprint density at radius 3 is 2.40 bits per heavy atom. The molecule has 104 valence electrons. The molecule has 2 rings (SSSR count). The Balaban J connectivity index is 2.16. The fourth-order valence-electron chi connectivity index (χ4n) is 1.58. The molecule has 0 saturated heterocycles. The van der Waals surface area contributed by atoms with Gasteiger partial charge in [-0.25, -0.2) is 4.98 Å². The predicted octanol–water partition coefficient (Wildman–Crippen LogP) is 3.79. The van der Waals surface area contributed by atoms with Crippen molar-refractivity contribution in [2.75, 3.05) is 5.32 Å². The average molecular weight is 334 g/mol. The van der Waals surface area contributed by atoms with Gasteiger partial charge < -0.3 is 5.32 Å². The van der Waals surface area contributed by atoms with Crippen molar-refractivity contribution in [1.29, 1.82) is 0 Å². The molecule has 1 N–H and O–H groups in total. The van der Waals surface area contributed by atoms with E-state index in [1.165, 1.54) is 6.20 Å². The summed E-state index contributed by atoms with van der Waals surface area (Å²) in [7, 11) is 0. The van der Waals surface area contributed by atoms with Crippen molar-refractivity contribution < 1.29 is 4.79 Å². The highest BCUT2D eigenvalue weighted by Gasteiger charge is 2.17. The molecule has 5 heteroatoms. The van der Waals surface area contributed by atoms with Crippen molar-refractivity contribution >= 4 is 27.5 Å². The number of hydrogen-bond donors (Lipinski definition) is 1. The molecule has 1 aromatic carbocycles. The number of rotatable bonds is 2. The van der Waals surface area contributed by atoms with E-state index in [9.17, 15) is 4.79 Å². The Kier molecular flexibility index (Phi) is 4.18. The summed E-state index contributed by atoms with van der Waals surface area (Å²) in [4.78, 5) is 20.6. The van der Waals surface area contributed by atoms with Gasteiger partial charge in [-0.05, 0) is 28.1 Å². The van der Waals surface area contributed by atoms with Crippen LogP contribution < -0.4 is 5.32 Å². The van der Waals surface area contributed by atoms with Crippen molar-refractivity contribution in [1.82, 2.24) is 9.97 Å². The summed E-state index contributed by atoms with van der Waals surface area (Å²) >= 11 is 3.38. The molecule has 0 radical (unpaired) electrons. The third-order valence-corrected chi connectivity index (χ3v) is 3.47. The van der Waals surface area contributed by atoms with Crippen LogP contribution in [0.4, 0.5) is 5.69 Å². The van der Waals surface area contributed by atoms with Gasteiger partial charge in [-0.15, -0.1) is 0 Å². The molecule has 0 aliphatic carbocycles. The second-order valence-corrected chi connectivity index (χ2v) is 6.33. The second-order valence-electron chi connectivity index (χ2n) is 5.47. The highest BCUT2D eigenvalue weighted by Crippen LogP contribution is 2.22. The first-order valence-corrected chi connectivity index (χ1v) is 7.05. The van der Waals surface area contributed by atoms with Crippen LogP contribution in [0, 0.1) is 0 Å². The number of halogens is 1. The molecule has 1 amide bonds. The molecule has 1 aromatic heterocycles. The number of hydrogen-bond acceptors (Lipinski definition) is 3. The zero-order chi connectivity index (χ0) is 14.8. The molecule has 4 nitrogen and oxygen atoms in total. The summed E-state index contributed by atoms with van der Waals surface area (Å²) in [5.74, 6) is -0.273. The molecule has 2 aromatic rings. The number of nitrogens with one attached hydrogen (secondary N) is 1. The highest BCUT2D eigenvalue weighted by atomic mass is 79.9. The minimum atomic E-state index is -0.273. The van der Waals surface area contributed by atoms with Crippen molar-refractivity contribution in [2.24, 2.45) is 0 Å². The van der Waals surface area contributed by atoms with Crippen LogP contribution in [-0.2, 0) is 5.41 Å². The van der Waals surface area contributed by atoms with Crippen LogP contribution >= 0.6 is 15.9 Å². The fourth-order valence-corrected chi connectivity index (χ4v) is 1.97. The zero-order valence-corrected chi connectivity index (χ0v) is 13.2. The predicted molar refractivity (Wildman–Crippen MR) is 82.8 cm³/mol. The number of benzene rings is 1. The van der Waals surface area contributed by atoms with Gasteiger partial charge in [-0.1, -0.05) is 32.9 Å². The van der Waals surface area contributed by atoms with Crippen LogP contribution in [0.25, 0.3) is 0 Å². The van der Waals surface area contributed by atoms with E-state index in [1.807, 2.05) is 24.3 Å². The quantitative estimate of drug-likeness (QED) is 0.909. The molecule has 0 unspecified atom stereocenters. The first kappa shape index (κ1) is 14.7. The molecule has 0 fully saturated rings. The van der Waals surface area contributed by atoms with E-state index in [4.69, 9.17) is 0 Å². The van der Waals surface area contributed by atoms with E-state index in [2.05, 4.69) is 52.0 Å². The monoisotopic (exact) mass is 333 g/mol. The molecule has 1 heterocycles. The molecule has 20 heavy (non-hydrogen) atoms. The van der Waals surface area contributed by atoms with Gasteiger partial charge >= 0.3 is 0 Å². The number of aromatic nitrogens is 2. The lowest BCUT2D eigenvalue weighted by atomic mass is 9.93. The maximum Gasteiger partial charge on any atom is 0.275 e. The van der Waals surface area contributed by atoms with E-state index in [-0.39, 0.29) is 11.3 Å². The minimum Gasteiger partial charge on any atom is -0.320 e. The minimum absolute atomic E-state index is 0.0789. The summed E-state index contributed by atoms with van der Waals surface area (Å²) in [5.41, 5.74) is 1.78. The number of amides is 1. The first-order chi connectivity index (χ1) is 9.38. The van der Waals surface area contributed by atoms with E-state index in [0.717, 1.165) is 10.2 Å². The van der Waals surface area contributed by atoms with Gasteiger partial charge in [0.25, 0.3) is 5.91 Å². The highest BCUT2D eigenvalue weighted by molar-refractivity contribution is 9.10. The molecule has 0 spiro atoms. The molecule has 0 bridgehead atoms. The first-order valence-electron chi connectivity index (χ1n) is 6.26. The number of carbonyl (C=O) groups excluding carboxylic acids is 1. The van der Waals surface area contributed by atoms with E-state index in [0.29, 0.717) is 11.4 Å². The van der Waals surface area contributed by atoms with Crippen LogP contribution in [0.15, 0.2) is 41.1 Å². The van der Waals surface area contributed by atoms with Crippen LogP contribution in [0.3, 0.4) is 0 Å². The number of para-hydroxylation sites is 1. The Labute approximate surface area is 126 Å². The van der Waals surface area contributed by atoms with Gasteiger partial charge in [0.1, 0.15) is 5.69 Å². The lowest BCUT2D eigenvalue weighted by Gasteiger charge is -2.16. The topological polar surface area (TPSA) is 54.9 Å². The molecular weight excluding hydrogens is 318 g/mol. The smallest absolute Gasteiger partial charge is 0.275 e. The van der Waals surface area contributed by atoms with Gasteiger partial charge in [0, 0.05) is 16.1 Å². The lowest BCUT2D eigenvalue weighted by molar-refractivity contribution is 0.102. The van der Waals surface area contributed by atoms with Crippen LogP contribution in [0.2, 0.25) is 0 Å². The summed E-state index contributed by atoms with van der Waals surface area (Å²) < 4.78 is 0.827. The third kappa shape index (κ3) is 3.42. The Morgan fingerprint density at radius 2 is 1.85 bits per heavy atom. The van der Waals surface area contributed by atoms with E-state index < -0.39 is 0 Å². The third-order valence-electron chi connectivity index (χ3n) is 2.77. The number of nitrogens with zero attached hydrogens (tertiary/aromatic N) is 2. The van der Waals surface area contributed by atoms with Gasteiger partial charge in [0.2, 0.25) is 0 Å². The van der Waals surface area contributed by atoms with Gasteiger partial charge in [-0.2, -0.15) is 0 Å². The Bertz CT molecular complexity index is 618. The fraction of sp³-hybridized carbons (Fsp3) is 0.267. The Hall–Kier alpha value is -1.75. The van der Waals surface area contributed by atoms with Gasteiger partial charge in [0.05, 0.1) is 17.6 Å². The molecule has 0 atom stereocenters. The number of carbonyl (C=O) groups is 1. The zero-order valence-electron chi connectivity index (χ0n) is 11.6. The summed E-state index contributed by atoms with van der Waals surface area (Å²) in [6, 6.07) is 7.43.